The molecule has 0 aromatic carbocycles. The lowest BCUT2D eigenvalue weighted by molar-refractivity contribution is -0.134. The molecule has 1 atom stereocenters. The number of piperazine rings is 1. The van der Waals surface area contributed by atoms with Crippen LogP contribution >= 0.6 is 0 Å². The Hall–Kier alpha value is -2.58. The lowest BCUT2D eigenvalue weighted by Crippen LogP contribution is -2.51. The molecule has 2 rings (SSSR count). The second kappa shape index (κ2) is 8.20. The lowest BCUT2D eigenvalue weighted by atomic mass is 10.1. The molecule has 0 aromatic rings. The summed E-state index contributed by atoms with van der Waals surface area (Å²) in [6.45, 7) is 7.62. The van der Waals surface area contributed by atoms with E-state index in [0.717, 1.165) is 0 Å². The third-order valence-corrected chi connectivity index (χ3v) is 4.12. The third-order valence-electron chi connectivity index (χ3n) is 4.12. The molecule has 144 valence electrons. The molecule has 2 aliphatic rings. The second-order valence-corrected chi connectivity index (χ2v) is 7.34. The summed E-state index contributed by atoms with van der Waals surface area (Å²) in [5.41, 5.74) is 0.0960. The monoisotopic (exact) mass is 365 g/mol. The van der Waals surface area contributed by atoms with Crippen LogP contribution in [0.1, 0.15) is 33.6 Å². The molecule has 2 aliphatic heterocycles. The van der Waals surface area contributed by atoms with Crippen LogP contribution in [0.3, 0.4) is 0 Å². The Labute approximate surface area is 153 Å². The van der Waals surface area contributed by atoms with Gasteiger partial charge in [-0.25, -0.2) is 4.79 Å². The fourth-order valence-electron chi connectivity index (χ4n) is 2.74. The average Bonchev–Trinajstić information content (AvgIpc) is 2.56. The Bertz CT molecular complexity index is 603. The van der Waals surface area contributed by atoms with E-state index in [0.29, 0.717) is 44.7 Å². The minimum atomic E-state index is -0.528. The Balaban J connectivity index is 1.87. The van der Waals surface area contributed by atoms with Crippen LogP contribution in [0, 0.1) is 5.41 Å². The van der Waals surface area contributed by atoms with Crippen molar-refractivity contribution in [1.82, 2.24) is 20.4 Å². The number of allylic oxidation sites excluding steroid dienone is 1. The van der Waals surface area contributed by atoms with Crippen LogP contribution < -0.4 is 10.6 Å². The number of hydrogen-bond donors (Lipinski definition) is 3. The van der Waals surface area contributed by atoms with Gasteiger partial charge in [0.1, 0.15) is 11.6 Å². The summed E-state index contributed by atoms with van der Waals surface area (Å²) in [5, 5.41) is 12.9. The van der Waals surface area contributed by atoms with Gasteiger partial charge in [-0.05, 0) is 27.2 Å². The summed E-state index contributed by atoms with van der Waals surface area (Å²) in [6.07, 6.45) is 3.22. The van der Waals surface area contributed by atoms with Crippen LogP contribution in [-0.2, 0) is 14.3 Å². The third kappa shape index (κ3) is 5.47. The summed E-state index contributed by atoms with van der Waals surface area (Å²) in [6, 6.07) is -0.481. The average molecular weight is 365 g/mol. The topological polar surface area (TPSA) is 115 Å². The van der Waals surface area contributed by atoms with Crippen LogP contribution in [-0.4, -0.2) is 71.7 Å². The quantitative estimate of drug-likeness (QED) is 0.491. The van der Waals surface area contributed by atoms with E-state index in [2.05, 4.69) is 10.6 Å². The summed E-state index contributed by atoms with van der Waals surface area (Å²) in [4.78, 5) is 38.6. The van der Waals surface area contributed by atoms with Gasteiger partial charge in [-0.2, -0.15) is 0 Å². The van der Waals surface area contributed by atoms with E-state index in [1.54, 1.807) is 11.1 Å². The fourth-order valence-corrected chi connectivity index (χ4v) is 2.74. The minimum absolute atomic E-state index is 0.262. The van der Waals surface area contributed by atoms with Crippen molar-refractivity contribution in [2.75, 3.05) is 26.2 Å². The van der Waals surface area contributed by atoms with E-state index in [1.807, 2.05) is 25.7 Å². The van der Waals surface area contributed by atoms with E-state index in [4.69, 9.17) is 10.1 Å². The number of hydrogen-bond acceptors (Lipinski definition) is 7. The first-order valence-electron chi connectivity index (χ1n) is 8.73. The van der Waals surface area contributed by atoms with E-state index in [-0.39, 0.29) is 17.9 Å². The smallest absolute Gasteiger partial charge is 0.410 e. The number of nitrogens with one attached hydrogen (secondary N) is 3. The standard InChI is InChI=1S/C17H27N5O4/c1-17(2,3)26-16(25)22-8-6-21(7-9-22)12(10-18)11-19-13-4-5-14(23)20-15(13)24/h10-11,13,18-19H,4-9H2,1-3H3,(H,20,23,24)/b12-11+,18-10?. The van der Waals surface area contributed by atoms with Crippen molar-refractivity contribution in [1.29, 1.82) is 5.41 Å². The lowest BCUT2D eigenvalue weighted by Gasteiger charge is -2.37. The predicted molar refractivity (Wildman–Crippen MR) is 95.6 cm³/mol. The first-order valence-corrected chi connectivity index (χ1v) is 8.73. The highest BCUT2D eigenvalue weighted by Crippen LogP contribution is 2.14. The largest absolute Gasteiger partial charge is 0.444 e. The number of piperidine rings is 1. The molecule has 3 N–H and O–H groups in total. The van der Waals surface area contributed by atoms with Gasteiger partial charge < -0.3 is 25.3 Å². The molecule has 0 radical (unpaired) electrons. The van der Waals surface area contributed by atoms with Crippen molar-refractivity contribution in [3.8, 4) is 0 Å². The van der Waals surface area contributed by atoms with Gasteiger partial charge in [0.05, 0.1) is 5.70 Å². The normalized spacial score (nSPS) is 22.0. The maximum atomic E-state index is 12.1. The van der Waals surface area contributed by atoms with Gasteiger partial charge in [-0.1, -0.05) is 0 Å². The molecule has 0 aliphatic carbocycles. The van der Waals surface area contributed by atoms with Crippen LogP contribution in [0.2, 0.25) is 0 Å². The van der Waals surface area contributed by atoms with Crippen molar-refractivity contribution in [3.05, 3.63) is 11.9 Å². The van der Waals surface area contributed by atoms with Crippen molar-refractivity contribution in [2.24, 2.45) is 0 Å². The van der Waals surface area contributed by atoms with E-state index in [1.165, 1.54) is 6.21 Å². The number of imide groups is 1. The molecule has 9 heteroatoms. The van der Waals surface area contributed by atoms with Crippen molar-refractivity contribution in [2.45, 2.75) is 45.3 Å². The number of rotatable bonds is 4. The highest BCUT2D eigenvalue weighted by molar-refractivity contribution is 6.00. The predicted octanol–water partition coefficient (Wildman–Crippen LogP) is 0.425. The van der Waals surface area contributed by atoms with Crippen LogP contribution in [0.15, 0.2) is 11.9 Å². The van der Waals surface area contributed by atoms with Crippen molar-refractivity contribution in [3.63, 3.8) is 0 Å². The molecule has 26 heavy (non-hydrogen) atoms. The molecule has 0 aromatic heterocycles. The molecule has 1 unspecified atom stereocenters. The van der Waals surface area contributed by atoms with Gasteiger partial charge in [0.2, 0.25) is 11.8 Å². The number of carbonyl (C=O) groups is 3. The van der Waals surface area contributed by atoms with E-state index in [9.17, 15) is 14.4 Å². The van der Waals surface area contributed by atoms with Gasteiger partial charge in [-0.3, -0.25) is 14.9 Å². The number of ether oxygens (including phenoxy) is 1. The van der Waals surface area contributed by atoms with Gasteiger partial charge in [0.15, 0.2) is 0 Å². The summed E-state index contributed by atoms with van der Waals surface area (Å²) in [7, 11) is 0. The van der Waals surface area contributed by atoms with E-state index < -0.39 is 11.6 Å². The molecule has 3 amide bonds. The Morgan fingerprint density at radius 1 is 1.23 bits per heavy atom. The van der Waals surface area contributed by atoms with Crippen LogP contribution in [0.4, 0.5) is 4.79 Å². The molecule has 0 spiro atoms. The van der Waals surface area contributed by atoms with Gasteiger partial charge in [-0.15, -0.1) is 0 Å². The van der Waals surface area contributed by atoms with Gasteiger partial charge >= 0.3 is 6.09 Å². The summed E-state index contributed by atoms with van der Waals surface area (Å²) < 4.78 is 5.37. The highest BCUT2D eigenvalue weighted by atomic mass is 16.6. The molecular formula is C17H27N5O4. The van der Waals surface area contributed by atoms with Crippen molar-refractivity contribution < 1.29 is 19.1 Å². The summed E-state index contributed by atoms with van der Waals surface area (Å²) in [5.74, 6) is -0.612. The van der Waals surface area contributed by atoms with Crippen LogP contribution in [0.5, 0.6) is 0 Å². The highest BCUT2D eigenvalue weighted by Gasteiger charge is 2.28. The Morgan fingerprint density at radius 3 is 2.38 bits per heavy atom. The molecule has 2 heterocycles. The molecule has 0 saturated carbocycles. The molecule has 0 bridgehead atoms. The zero-order valence-electron chi connectivity index (χ0n) is 15.5. The number of carbonyl (C=O) groups excluding carboxylic acids is 3. The van der Waals surface area contributed by atoms with Crippen molar-refractivity contribution >= 4 is 24.1 Å². The fraction of sp³-hybridized carbons (Fsp3) is 0.647. The Morgan fingerprint density at radius 2 is 1.85 bits per heavy atom. The number of amides is 3. The Kier molecular flexibility index (Phi) is 6.23. The molecule has 2 fully saturated rings. The zero-order chi connectivity index (χ0) is 19.3. The maximum absolute atomic E-state index is 12.1. The minimum Gasteiger partial charge on any atom is -0.444 e. The van der Waals surface area contributed by atoms with Crippen LogP contribution in [0.25, 0.3) is 0 Å². The molecular weight excluding hydrogens is 338 g/mol. The first-order chi connectivity index (χ1) is 12.2. The summed E-state index contributed by atoms with van der Waals surface area (Å²) >= 11 is 0. The SMILES string of the molecule is CC(C)(C)OC(=O)N1CCN(/C(C=N)=C/NC2CCC(=O)NC2=O)CC1. The van der Waals surface area contributed by atoms with E-state index >= 15 is 0 Å². The van der Waals surface area contributed by atoms with Gasteiger partial charge in [0, 0.05) is 45.0 Å². The number of nitrogens with zero attached hydrogens (tertiary/aromatic N) is 2. The van der Waals surface area contributed by atoms with Gasteiger partial charge in [0.25, 0.3) is 0 Å². The molecule has 2 saturated heterocycles. The maximum Gasteiger partial charge on any atom is 0.410 e. The first kappa shape index (κ1) is 19.7. The molecule has 9 nitrogen and oxygen atoms in total. The second-order valence-electron chi connectivity index (χ2n) is 7.34. The zero-order valence-corrected chi connectivity index (χ0v) is 15.5.